The van der Waals surface area contributed by atoms with Crippen LogP contribution in [0, 0.1) is 13.8 Å². The molecule has 140 valence electrons. The normalized spacial score (nSPS) is 15.9. The van der Waals surface area contributed by atoms with E-state index < -0.39 is 10.0 Å². The molecule has 2 aromatic carbocycles. The highest BCUT2D eigenvalue weighted by Crippen LogP contribution is 2.30. The number of sulfonamides is 1. The van der Waals surface area contributed by atoms with Gasteiger partial charge in [0.2, 0.25) is 10.0 Å². The fraction of sp³-hybridized carbons (Fsp3) is 0.368. The van der Waals surface area contributed by atoms with Crippen molar-refractivity contribution in [3.63, 3.8) is 0 Å². The maximum absolute atomic E-state index is 12.9. The van der Waals surface area contributed by atoms with Gasteiger partial charge in [0, 0.05) is 37.9 Å². The summed E-state index contributed by atoms with van der Waals surface area (Å²) in [6.45, 7) is 6.36. The Labute approximate surface area is 160 Å². The van der Waals surface area contributed by atoms with Gasteiger partial charge < -0.3 is 9.64 Å². The largest absolute Gasteiger partial charge is 0.495 e. The first-order chi connectivity index (χ1) is 12.3. The number of benzene rings is 2. The van der Waals surface area contributed by atoms with Crippen LogP contribution in [0.3, 0.4) is 0 Å². The van der Waals surface area contributed by atoms with Gasteiger partial charge in [0.25, 0.3) is 0 Å². The summed E-state index contributed by atoms with van der Waals surface area (Å²) in [5, 5.41) is 0.395. The first kappa shape index (κ1) is 19.0. The molecule has 0 aromatic heterocycles. The van der Waals surface area contributed by atoms with Crippen molar-refractivity contribution in [2.75, 3.05) is 38.2 Å². The highest BCUT2D eigenvalue weighted by molar-refractivity contribution is 7.89. The van der Waals surface area contributed by atoms with Crippen molar-refractivity contribution in [1.82, 2.24) is 4.31 Å². The van der Waals surface area contributed by atoms with Gasteiger partial charge in [-0.05, 0) is 43.2 Å². The number of hydrogen-bond donors (Lipinski definition) is 0. The molecule has 2 aromatic rings. The first-order valence-corrected chi connectivity index (χ1v) is 10.3. The fourth-order valence-corrected chi connectivity index (χ4v) is 4.81. The zero-order valence-electron chi connectivity index (χ0n) is 15.2. The summed E-state index contributed by atoms with van der Waals surface area (Å²) >= 11 is 6.01. The summed E-state index contributed by atoms with van der Waals surface area (Å²) in [5.74, 6) is 0.363. The third kappa shape index (κ3) is 3.68. The van der Waals surface area contributed by atoms with Gasteiger partial charge in [-0.1, -0.05) is 23.7 Å². The van der Waals surface area contributed by atoms with Crippen LogP contribution in [0.15, 0.2) is 41.3 Å². The monoisotopic (exact) mass is 394 g/mol. The van der Waals surface area contributed by atoms with Gasteiger partial charge in [0.15, 0.2) is 0 Å². The van der Waals surface area contributed by atoms with E-state index in [1.54, 1.807) is 6.07 Å². The summed E-state index contributed by atoms with van der Waals surface area (Å²) in [4.78, 5) is 2.45. The molecular weight excluding hydrogens is 372 g/mol. The molecule has 0 atom stereocenters. The summed E-state index contributed by atoms with van der Waals surface area (Å²) < 4.78 is 32.5. The van der Waals surface area contributed by atoms with Crippen LogP contribution in [0.1, 0.15) is 11.1 Å². The molecular formula is C19H23ClN2O3S. The van der Waals surface area contributed by atoms with E-state index in [2.05, 4.69) is 36.9 Å². The molecule has 5 nitrogen and oxygen atoms in total. The maximum atomic E-state index is 12.9. The zero-order valence-corrected chi connectivity index (χ0v) is 16.8. The Morgan fingerprint density at radius 3 is 2.35 bits per heavy atom. The number of rotatable bonds is 4. The van der Waals surface area contributed by atoms with Crippen LogP contribution in [0.4, 0.5) is 5.69 Å². The molecule has 1 heterocycles. The Balaban J connectivity index is 1.77. The van der Waals surface area contributed by atoms with Gasteiger partial charge in [-0.25, -0.2) is 8.42 Å². The minimum atomic E-state index is -3.57. The van der Waals surface area contributed by atoms with E-state index in [-0.39, 0.29) is 4.90 Å². The molecule has 0 bridgehead atoms. The predicted octanol–water partition coefficient (Wildman–Crippen LogP) is 3.48. The van der Waals surface area contributed by atoms with Gasteiger partial charge in [0.1, 0.15) is 5.75 Å². The van der Waals surface area contributed by atoms with Crippen LogP contribution >= 0.6 is 11.6 Å². The van der Waals surface area contributed by atoms with Gasteiger partial charge in [-0.3, -0.25) is 0 Å². The number of nitrogens with zero attached hydrogens (tertiary/aromatic N) is 2. The quantitative estimate of drug-likeness (QED) is 0.796. The lowest BCUT2D eigenvalue weighted by Gasteiger charge is -2.36. The minimum absolute atomic E-state index is 0.207. The standard InChI is InChI=1S/C19H23ClN2O3S/c1-14-4-5-15(2)18(12-14)21-8-10-22(11-9-21)26(23,24)16-6-7-17(20)19(13-16)25-3/h4-7,12-13H,8-11H2,1-3H3. The SMILES string of the molecule is COc1cc(S(=O)(=O)N2CCN(c3cc(C)ccc3C)CC2)ccc1Cl. The molecule has 1 aliphatic rings. The second-order valence-corrected chi connectivity index (χ2v) is 8.82. The van der Waals surface area contributed by atoms with Crippen molar-refractivity contribution >= 4 is 27.3 Å². The smallest absolute Gasteiger partial charge is 0.243 e. The number of piperazine rings is 1. The van der Waals surface area contributed by atoms with E-state index in [0.29, 0.717) is 37.0 Å². The summed E-state index contributed by atoms with van der Waals surface area (Å²) in [7, 11) is -2.09. The molecule has 0 N–H and O–H groups in total. The molecule has 0 aliphatic carbocycles. The molecule has 0 unspecified atom stereocenters. The number of aryl methyl sites for hydroxylation is 2. The molecule has 1 fully saturated rings. The first-order valence-electron chi connectivity index (χ1n) is 8.49. The number of ether oxygens (including phenoxy) is 1. The van der Waals surface area contributed by atoms with E-state index in [4.69, 9.17) is 16.3 Å². The van der Waals surface area contributed by atoms with Crippen LogP contribution in [0.5, 0.6) is 5.75 Å². The third-order valence-electron chi connectivity index (χ3n) is 4.70. The lowest BCUT2D eigenvalue weighted by Crippen LogP contribution is -2.48. The number of methoxy groups -OCH3 is 1. The molecule has 0 radical (unpaired) electrons. The van der Waals surface area contributed by atoms with Crippen LogP contribution in [-0.4, -0.2) is 46.0 Å². The summed E-state index contributed by atoms with van der Waals surface area (Å²) in [6.07, 6.45) is 0. The lowest BCUT2D eigenvalue weighted by atomic mass is 10.1. The topological polar surface area (TPSA) is 49.9 Å². The van der Waals surface area contributed by atoms with E-state index in [9.17, 15) is 8.42 Å². The molecule has 0 amide bonds. The summed E-state index contributed by atoms with van der Waals surface area (Å²) in [6, 6.07) is 10.9. The number of hydrogen-bond acceptors (Lipinski definition) is 4. The van der Waals surface area contributed by atoms with E-state index in [0.717, 1.165) is 0 Å². The second kappa shape index (κ2) is 7.47. The Kier molecular flexibility index (Phi) is 5.46. The van der Waals surface area contributed by atoms with Gasteiger partial charge in [-0.2, -0.15) is 4.31 Å². The van der Waals surface area contributed by atoms with Crippen LogP contribution in [0.25, 0.3) is 0 Å². The summed E-state index contributed by atoms with van der Waals surface area (Å²) in [5.41, 5.74) is 3.58. The Morgan fingerprint density at radius 1 is 1.00 bits per heavy atom. The predicted molar refractivity (Wildman–Crippen MR) is 105 cm³/mol. The number of anilines is 1. The molecule has 7 heteroatoms. The number of halogens is 1. The average molecular weight is 395 g/mol. The van der Waals surface area contributed by atoms with E-state index >= 15 is 0 Å². The van der Waals surface area contributed by atoms with Crippen LogP contribution < -0.4 is 9.64 Å². The van der Waals surface area contributed by atoms with Crippen molar-refractivity contribution in [2.45, 2.75) is 18.7 Å². The van der Waals surface area contributed by atoms with Crippen molar-refractivity contribution in [2.24, 2.45) is 0 Å². The molecule has 0 saturated carbocycles. The third-order valence-corrected chi connectivity index (χ3v) is 6.91. The second-order valence-electron chi connectivity index (χ2n) is 6.48. The lowest BCUT2D eigenvalue weighted by molar-refractivity contribution is 0.383. The van der Waals surface area contributed by atoms with Gasteiger partial charge in [0.05, 0.1) is 17.0 Å². The van der Waals surface area contributed by atoms with Crippen molar-refractivity contribution in [1.29, 1.82) is 0 Å². The fourth-order valence-electron chi connectivity index (χ4n) is 3.18. The zero-order chi connectivity index (χ0) is 18.9. The van der Waals surface area contributed by atoms with Crippen molar-refractivity contribution in [3.8, 4) is 5.75 Å². The van der Waals surface area contributed by atoms with Gasteiger partial charge >= 0.3 is 0 Å². The molecule has 1 saturated heterocycles. The molecule has 0 spiro atoms. The molecule has 1 aliphatic heterocycles. The van der Waals surface area contributed by atoms with Crippen LogP contribution in [0.2, 0.25) is 5.02 Å². The van der Waals surface area contributed by atoms with E-state index in [1.165, 1.54) is 40.4 Å². The average Bonchev–Trinajstić information content (AvgIpc) is 2.64. The Bertz CT molecular complexity index is 907. The van der Waals surface area contributed by atoms with Gasteiger partial charge in [-0.15, -0.1) is 0 Å². The van der Waals surface area contributed by atoms with E-state index in [1.807, 2.05) is 0 Å². The Hall–Kier alpha value is -1.76. The highest BCUT2D eigenvalue weighted by Gasteiger charge is 2.29. The minimum Gasteiger partial charge on any atom is -0.495 e. The van der Waals surface area contributed by atoms with Crippen LogP contribution in [-0.2, 0) is 10.0 Å². The highest BCUT2D eigenvalue weighted by atomic mass is 35.5. The Morgan fingerprint density at radius 2 is 1.69 bits per heavy atom. The van der Waals surface area contributed by atoms with Crippen molar-refractivity contribution < 1.29 is 13.2 Å². The molecule has 26 heavy (non-hydrogen) atoms. The maximum Gasteiger partial charge on any atom is 0.243 e. The van der Waals surface area contributed by atoms with Crippen molar-refractivity contribution in [3.05, 3.63) is 52.5 Å². The molecule has 3 rings (SSSR count).